The number of carboxylic acid groups (broad SMARTS) is 1. The highest BCUT2D eigenvalue weighted by Crippen LogP contribution is 2.24. The highest BCUT2D eigenvalue weighted by molar-refractivity contribution is 5.88. The molecular weight excluding hydrogens is 408 g/mol. The summed E-state index contributed by atoms with van der Waals surface area (Å²) in [6.07, 6.45) is 1.37. The Balaban J connectivity index is 1.72. The molecule has 0 aliphatic carbocycles. The first-order valence-electron chi connectivity index (χ1n) is 11.0. The molecule has 3 atom stereocenters. The average molecular weight is 439 g/mol. The van der Waals surface area contributed by atoms with E-state index in [1.165, 1.54) is 4.90 Å². The number of carboxylic acids is 1. The van der Waals surface area contributed by atoms with Gasteiger partial charge in [-0.3, -0.25) is 14.9 Å². The summed E-state index contributed by atoms with van der Waals surface area (Å²) in [5.41, 5.74) is 2.97. The molecule has 1 heterocycles. The molecule has 0 saturated carbocycles. The van der Waals surface area contributed by atoms with Gasteiger partial charge in [0.15, 0.2) is 0 Å². The first-order valence-corrected chi connectivity index (χ1v) is 11.0. The molecule has 2 N–H and O–H groups in total. The lowest BCUT2D eigenvalue weighted by Crippen LogP contribution is -2.56. The summed E-state index contributed by atoms with van der Waals surface area (Å²) in [6, 6.07) is 15.0. The summed E-state index contributed by atoms with van der Waals surface area (Å²) in [5.74, 6) is -1.80. The van der Waals surface area contributed by atoms with Crippen LogP contribution in [0.4, 0.5) is 0 Å². The fourth-order valence-electron chi connectivity index (χ4n) is 4.06. The molecular formula is C25H30N2O5. The van der Waals surface area contributed by atoms with E-state index in [0.29, 0.717) is 12.8 Å². The summed E-state index contributed by atoms with van der Waals surface area (Å²) < 4.78 is 5.20. The first kappa shape index (κ1) is 23.5. The average Bonchev–Trinajstić information content (AvgIpc) is 2.80. The van der Waals surface area contributed by atoms with E-state index in [2.05, 4.69) is 5.32 Å². The highest BCUT2D eigenvalue weighted by Gasteiger charge is 2.37. The zero-order valence-corrected chi connectivity index (χ0v) is 18.5. The minimum Gasteiger partial charge on any atom is -0.480 e. The summed E-state index contributed by atoms with van der Waals surface area (Å²) in [7, 11) is 0. The number of fused-ring (bicyclic) bond motifs is 1. The highest BCUT2D eigenvalue weighted by atomic mass is 16.5. The number of hydrogen-bond donors (Lipinski definition) is 2. The third-order valence-electron chi connectivity index (χ3n) is 5.77. The van der Waals surface area contributed by atoms with Crippen LogP contribution in [0.15, 0.2) is 54.6 Å². The number of ether oxygens (including phenoxy) is 1. The van der Waals surface area contributed by atoms with Crippen LogP contribution in [-0.2, 0) is 38.5 Å². The van der Waals surface area contributed by atoms with Crippen molar-refractivity contribution in [1.29, 1.82) is 0 Å². The minimum absolute atomic E-state index is 0.228. The predicted octanol–water partition coefficient (Wildman–Crippen LogP) is 2.57. The van der Waals surface area contributed by atoms with Gasteiger partial charge in [-0.15, -0.1) is 0 Å². The second-order valence-electron chi connectivity index (χ2n) is 8.01. The summed E-state index contributed by atoms with van der Waals surface area (Å²) in [6.45, 7) is 3.88. The van der Waals surface area contributed by atoms with Gasteiger partial charge < -0.3 is 14.7 Å². The Hall–Kier alpha value is -3.19. The van der Waals surface area contributed by atoms with Crippen LogP contribution in [0, 0.1) is 0 Å². The third-order valence-corrected chi connectivity index (χ3v) is 5.77. The quantitative estimate of drug-likeness (QED) is 0.584. The molecule has 7 heteroatoms. The van der Waals surface area contributed by atoms with E-state index in [1.807, 2.05) is 54.6 Å². The molecule has 0 aromatic heterocycles. The van der Waals surface area contributed by atoms with Crippen LogP contribution in [0.5, 0.6) is 0 Å². The number of carbonyl (C=O) groups excluding carboxylic acids is 2. The molecule has 0 bridgehead atoms. The topological polar surface area (TPSA) is 95.9 Å². The Kier molecular flexibility index (Phi) is 8.00. The number of esters is 1. The maximum Gasteiger partial charge on any atom is 0.326 e. The van der Waals surface area contributed by atoms with Crippen LogP contribution in [-0.4, -0.2) is 52.6 Å². The Morgan fingerprint density at radius 1 is 1.09 bits per heavy atom. The summed E-state index contributed by atoms with van der Waals surface area (Å²) >= 11 is 0. The van der Waals surface area contributed by atoms with E-state index in [-0.39, 0.29) is 25.5 Å². The maximum absolute atomic E-state index is 13.3. The Bertz CT molecular complexity index is 946. The van der Waals surface area contributed by atoms with Gasteiger partial charge in [0.1, 0.15) is 12.1 Å². The molecule has 1 amide bonds. The largest absolute Gasteiger partial charge is 0.480 e. The number of rotatable bonds is 9. The van der Waals surface area contributed by atoms with Crippen molar-refractivity contribution in [3.05, 3.63) is 71.3 Å². The van der Waals surface area contributed by atoms with Gasteiger partial charge in [-0.05, 0) is 43.4 Å². The van der Waals surface area contributed by atoms with Crippen LogP contribution < -0.4 is 5.32 Å². The molecule has 3 rings (SSSR count). The summed E-state index contributed by atoms with van der Waals surface area (Å²) in [5, 5.41) is 12.8. The smallest absolute Gasteiger partial charge is 0.326 e. The lowest BCUT2D eigenvalue weighted by Gasteiger charge is -2.36. The molecule has 1 aliphatic rings. The second kappa shape index (κ2) is 10.9. The van der Waals surface area contributed by atoms with Gasteiger partial charge in [-0.1, -0.05) is 54.6 Å². The molecule has 0 fully saturated rings. The minimum atomic E-state index is -1.04. The number of carbonyl (C=O) groups is 3. The van der Waals surface area contributed by atoms with Crippen LogP contribution in [0.25, 0.3) is 0 Å². The lowest BCUT2D eigenvalue weighted by atomic mass is 9.93. The van der Waals surface area contributed by atoms with Crippen LogP contribution in [0.3, 0.4) is 0 Å². The number of aliphatic carboxylic acids is 1. The Morgan fingerprint density at radius 2 is 1.75 bits per heavy atom. The normalized spacial score (nSPS) is 17.2. The van der Waals surface area contributed by atoms with Crippen molar-refractivity contribution in [3.63, 3.8) is 0 Å². The predicted molar refractivity (Wildman–Crippen MR) is 120 cm³/mol. The van der Waals surface area contributed by atoms with E-state index in [1.54, 1.807) is 13.8 Å². The molecule has 0 saturated heterocycles. The van der Waals surface area contributed by atoms with Gasteiger partial charge in [-0.25, -0.2) is 4.79 Å². The number of hydrogen-bond acceptors (Lipinski definition) is 5. The van der Waals surface area contributed by atoms with Gasteiger partial charge in [-0.2, -0.15) is 0 Å². The summed E-state index contributed by atoms with van der Waals surface area (Å²) in [4.78, 5) is 39.1. The fraction of sp³-hybridized carbons (Fsp3) is 0.400. The van der Waals surface area contributed by atoms with Crippen molar-refractivity contribution < 1.29 is 24.2 Å². The number of aryl methyl sites for hydroxylation is 1. The van der Waals surface area contributed by atoms with E-state index in [0.717, 1.165) is 16.7 Å². The molecule has 170 valence electrons. The van der Waals surface area contributed by atoms with Crippen molar-refractivity contribution in [1.82, 2.24) is 10.2 Å². The maximum atomic E-state index is 13.3. The molecule has 0 spiro atoms. The van der Waals surface area contributed by atoms with Crippen LogP contribution >= 0.6 is 0 Å². The van der Waals surface area contributed by atoms with E-state index in [4.69, 9.17) is 4.74 Å². The molecule has 7 nitrogen and oxygen atoms in total. The van der Waals surface area contributed by atoms with E-state index >= 15 is 0 Å². The molecule has 2 unspecified atom stereocenters. The van der Waals surface area contributed by atoms with Gasteiger partial charge in [0.2, 0.25) is 5.91 Å². The van der Waals surface area contributed by atoms with Gasteiger partial charge >= 0.3 is 11.9 Å². The second-order valence-corrected chi connectivity index (χ2v) is 8.01. The van der Waals surface area contributed by atoms with Gasteiger partial charge in [0.25, 0.3) is 0 Å². The number of benzene rings is 2. The molecule has 2 aromatic carbocycles. The van der Waals surface area contributed by atoms with E-state index in [9.17, 15) is 19.5 Å². The van der Waals surface area contributed by atoms with Crippen molar-refractivity contribution >= 4 is 17.8 Å². The van der Waals surface area contributed by atoms with Crippen molar-refractivity contribution in [2.45, 2.75) is 57.8 Å². The van der Waals surface area contributed by atoms with Crippen molar-refractivity contribution in [2.24, 2.45) is 0 Å². The van der Waals surface area contributed by atoms with Gasteiger partial charge in [0, 0.05) is 13.0 Å². The van der Waals surface area contributed by atoms with Crippen LogP contribution in [0.1, 0.15) is 37.0 Å². The van der Waals surface area contributed by atoms with Crippen molar-refractivity contribution in [3.8, 4) is 0 Å². The third kappa shape index (κ3) is 5.73. The zero-order valence-electron chi connectivity index (χ0n) is 18.5. The SMILES string of the molecule is CCOC(=O)C(CCc1ccccc1)N[C@@H](C)C(=O)N1Cc2ccccc2CC1C(=O)O. The van der Waals surface area contributed by atoms with Gasteiger partial charge in [0.05, 0.1) is 12.6 Å². The van der Waals surface area contributed by atoms with Crippen LogP contribution in [0.2, 0.25) is 0 Å². The zero-order chi connectivity index (χ0) is 23.1. The van der Waals surface area contributed by atoms with Crippen molar-refractivity contribution in [2.75, 3.05) is 6.61 Å². The molecule has 1 aliphatic heterocycles. The first-order chi connectivity index (χ1) is 15.4. The standard InChI is InChI=1S/C25H30N2O5/c1-3-32-25(31)21(14-13-18-9-5-4-6-10-18)26-17(2)23(28)27-16-20-12-8-7-11-19(20)15-22(27)24(29)30/h4-12,17,21-22,26H,3,13-16H2,1-2H3,(H,29,30)/t17-,21?,22?/m0/s1. The molecule has 2 aromatic rings. The molecule has 32 heavy (non-hydrogen) atoms. The Morgan fingerprint density at radius 3 is 2.41 bits per heavy atom. The molecule has 0 radical (unpaired) electrons. The number of nitrogens with one attached hydrogen (secondary N) is 1. The lowest BCUT2D eigenvalue weighted by molar-refractivity contribution is -0.153. The monoisotopic (exact) mass is 438 g/mol. The number of amides is 1. The fourth-order valence-corrected chi connectivity index (χ4v) is 4.06. The van der Waals surface area contributed by atoms with E-state index < -0.39 is 30.1 Å². The Labute approximate surface area is 188 Å². The number of nitrogens with zero attached hydrogens (tertiary/aromatic N) is 1.